The molecule has 10 heteroatoms. The third kappa shape index (κ3) is 4.84. The molecule has 1 amide bonds. The van der Waals surface area contributed by atoms with Crippen molar-refractivity contribution in [3.8, 4) is 0 Å². The summed E-state index contributed by atoms with van der Waals surface area (Å²) in [7, 11) is 1.31. The smallest absolute Gasteiger partial charge is 0.335 e. The number of rotatable bonds is 3. The van der Waals surface area contributed by atoms with Crippen molar-refractivity contribution in [1.82, 2.24) is 0 Å². The number of aromatic carboxylic acids is 1. The molecule has 2 unspecified atom stereocenters. The van der Waals surface area contributed by atoms with Crippen LogP contribution in [0.2, 0.25) is 0 Å². The predicted octanol–water partition coefficient (Wildman–Crippen LogP) is 4.62. The van der Waals surface area contributed by atoms with Crippen molar-refractivity contribution < 1.29 is 29.0 Å². The summed E-state index contributed by atoms with van der Waals surface area (Å²) >= 11 is 3.19. The van der Waals surface area contributed by atoms with Crippen LogP contribution in [0.3, 0.4) is 0 Å². The Morgan fingerprint density at radius 1 is 0.895 bits per heavy atom. The third-order valence-electron chi connectivity index (χ3n) is 6.33. The lowest BCUT2D eigenvalue weighted by Crippen LogP contribution is -2.31. The molecule has 0 bridgehead atoms. The van der Waals surface area contributed by atoms with Crippen LogP contribution in [-0.4, -0.2) is 53.1 Å². The first-order valence-corrected chi connectivity index (χ1v) is 13.7. The predicted molar refractivity (Wildman–Crippen MR) is 145 cm³/mol. The molecule has 0 fully saturated rings. The number of carbonyl (C=O) groups excluding carboxylic acids is 3. The van der Waals surface area contributed by atoms with E-state index in [1.807, 2.05) is 36.4 Å². The molecule has 3 heterocycles. The number of esters is 1. The van der Waals surface area contributed by atoms with Gasteiger partial charge in [0.15, 0.2) is 5.78 Å². The van der Waals surface area contributed by atoms with Gasteiger partial charge in [-0.1, -0.05) is 36.4 Å². The zero-order chi connectivity index (χ0) is 26.8. The maximum absolute atomic E-state index is 12.7. The second-order valence-corrected chi connectivity index (χ2v) is 10.7. The molecule has 2 atom stereocenters. The maximum atomic E-state index is 12.7. The number of anilines is 1. The molecule has 0 radical (unpaired) electrons. The molecule has 3 aliphatic heterocycles. The van der Waals surface area contributed by atoms with Crippen LogP contribution >= 0.6 is 23.5 Å². The van der Waals surface area contributed by atoms with Crippen molar-refractivity contribution in [3.05, 3.63) is 89.5 Å². The lowest BCUT2D eigenvalue weighted by Gasteiger charge is -2.20. The number of methoxy groups -OCH3 is 1. The number of hydrazone groups is 1. The average molecular weight is 547 g/mol. The minimum Gasteiger partial charge on any atom is -0.478 e. The highest BCUT2D eigenvalue weighted by molar-refractivity contribution is 7.99. The molecule has 38 heavy (non-hydrogen) atoms. The number of thioether (sulfide) groups is 2. The van der Waals surface area contributed by atoms with E-state index in [1.54, 1.807) is 36.0 Å². The van der Waals surface area contributed by atoms with Gasteiger partial charge in [-0.05, 0) is 36.4 Å². The summed E-state index contributed by atoms with van der Waals surface area (Å²) in [5.74, 6) is -1.36. The summed E-state index contributed by atoms with van der Waals surface area (Å²) in [4.78, 5) is 48.9. The number of benzene rings is 3. The Kier molecular flexibility index (Phi) is 7.35. The van der Waals surface area contributed by atoms with Gasteiger partial charge in [-0.25, -0.2) is 4.79 Å². The first kappa shape index (κ1) is 25.7. The molecule has 3 aromatic carbocycles. The average Bonchev–Trinajstić information content (AvgIpc) is 3.30. The van der Waals surface area contributed by atoms with Crippen LogP contribution in [0.5, 0.6) is 0 Å². The number of Topliss-reactive ketones (excluding diaryl/α,β-unsaturated/α-hetero) is 1. The lowest BCUT2D eigenvalue weighted by molar-refractivity contribution is -0.143. The Bertz CT molecular complexity index is 1470. The molecule has 3 aliphatic rings. The van der Waals surface area contributed by atoms with Crippen LogP contribution in [0.25, 0.3) is 0 Å². The zero-order valence-corrected chi connectivity index (χ0v) is 21.8. The topological polar surface area (TPSA) is 113 Å². The monoisotopic (exact) mass is 546 g/mol. The number of carbonyl (C=O) groups is 4. The molecule has 0 aliphatic carbocycles. The van der Waals surface area contributed by atoms with E-state index >= 15 is 0 Å². The maximum Gasteiger partial charge on any atom is 0.335 e. The zero-order valence-electron chi connectivity index (χ0n) is 20.2. The highest BCUT2D eigenvalue weighted by Gasteiger charge is 2.40. The van der Waals surface area contributed by atoms with E-state index in [2.05, 4.69) is 9.84 Å². The van der Waals surface area contributed by atoms with E-state index in [1.165, 1.54) is 36.0 Å². The molecular formula is C28H22N2O6S2. The van der Waals surface area contributed by atoms with E-state index in [0.717, 1.165) is 21.1 Å². The van der Waals surface area contributed by atoms with Crippen LogP contribution in [0, 0.1) is 11.8 Å². The number of ketones is 1. The van der Waals surface area contributed by atoms with Crippen LogP contribution < -0.4 is 5.01 Å². The molecule has 0 saturated heterocycles. The van der Waals surface area contributed by atoms with E-state index in [9.17, 15) is 19.2 Å². The van der Waals surface area contributed by atoms with Gasteiger partial charge in [0.05, 0.1) is 30.0 Å². The molecule has 1 N–H and O–H groups in total. The number of hydrogen-bond donors (Lipinski definition) is 1. The highest BCUT2D eigenvalue weighted by atomic mass is 32.2. The number of amides is 1. The Labute approximate surface area is 227 Å². The largest absolute Gasteiger partial charge is 0.478 e. The van der Waals surface area contributed by atoms with Crippen LogP contribution in [0.4, 0.5) is 5.69 Å². The van der Waals surface area contributed by atoms with Gasteiger partial charge in [0.1, 0.15) is 5.92 Å². The number of carboxylic acids is 1. The molecule has 192 valence electrons. The Hall–Kier alpha value is -3.89. The van der Waals surface area contributed by atoms with Gasteiger partial charge in [-0.3, -0.25) is 14.4 Å². The van der Waals surface area contributed by atoms with Crippen molar-refractivity contribution in [2.24, 2.45) is 16.9 Å². The fraction of sp³-hybridized carbons (Fsp3) is 0.179. The molecule has 8 nitrogen and oxygen atoms in total. The minimum atomic E-state index is -0.991. The van der Waals surface area contributed by atoms with E-state index in [-0.39, 0.29) is 23.2 Å². The number of hydrogen-bond acceptors (Lipinski definition) is 8. The van der Waals surface area contributed by atoms with Gasteiger partial charge in [0.2, 0.25) is 0 Å². The van der Waals surface area contributed by atoms with Gasteiger partial charge < -0.3 is 9.84 Å². The van der Waals surface area contributed by atoms with Gasteiger partial charge in [0, 0.05) is 32.4 Å². The molecule has 3 aromatic rings. The second kappa shape index (κ2) is 10.8. The summed E-state index contributed by atoms with van der Waals surface area (Å²) < 4.78 is 4.60. The van der Waals surface area contributed by atoms with Gasteiger partial charge in [-0.2, -0.15) is 10.1 Å². The number of nitrogens with zero attached hydrogens (tertiary/aromatic N) is 2. The molecular weight excluding hydrogens is 524 g/mol. The first-order valence-electron chi connectivity index (χ1n) is 11.7. The van der Waals surface area contributed by atoms with Crippen LogP contribution in [-0.2, 0) is 14.3 Å². The van der Waals surface area contributed by atoms with Crippen molar-refractivity contribution in [1.29, 1.82) is 0 Å². The minimum absolute atomic E-state index is 0.0647. The van der Waals surface area contributed by atoms with Gasteiger partial charge in [0.25, 0.3) is 5.91 Å². The number of ether oxygens (including phenoxy) is 1. The van der Waals surface area contributed by atoms with Gasteiger partial charge >= 0.3 is 11.9 Å². The molecule has 6 rings (SSSR count). The normalized spacial score (nSPS) is 19.3. The lowest BCUT2D eigenvalue weighted by atomic mass is 9.98. The fourth-order valence-electron chi connectivity index (χ4n) is 4.34. The summed E-state index contributed by atoms with van der Waals surface area (Å²) in [5.41, 5.74) is 3.21. The van der Waals surface area contributed by atoms with E-state index < -0.39 is 17.9 Å². The van der Waals surface area contributed by atoms with E-state index in [4.69, 9.17) is 5.11 Å². The number of fused-ring (bicyclic) bond motifs is 4. The van der Waals surface area contributed by atoms with Crippen LogP contribution in [0.15, 0.2) is 87.7 Å². The molecule has 0 spiro atoms. The van der Waals surface area contributed by atoms with E-state index in [0.29, 0.717) is 22.8 Å². The van der Waals surface area contributed by atoms with Crippen molar-refractivity contribution >= 4 is 58.6 Å². The quantitative estimate of drug-likeness (QED) is 0.374. The van der Waals surface area contributed by atoms with Crippen molar-refractivity contribution in [2.45, 2.75) is 9.79 Å². The SMILES string of the molecule is COC(=O)C1CSc2ccccc2C1=O.O=C(O)c1ccc(N2N=C3c4ccccc4SCC3C2=O)cc1. The second-order valence-electron chi connectivity index (χ2n) is 8.59. The first-order chi connectivity index (χ1) is 18.4. The molecule has 0 saturated carbocycles. The molecule has 0 aromatic heterocycles. The number of carboxylic acid groups (broad SMARTS) is 1. The van der Waals surface area contributed by atoms with Gasteiger partial charge in [-0.15, -0.1) is 23.5 Å². The van der Waals surface area contributed by atoms with Crippen molar-refractivity contribution in [2.75, 3.05) is 23.6 Å². The summed E-state index contributed by atoms with van der Waals surface area (Å²) in [6.07, 6.45) is 0. The van der Waals surface area contributed by atoms with Crippen LogP contribution in [0.1, 0.15) is 26.3 Å². The standard InChI is InChI=1S/C17H12N2O3S.C11H10O3S/c20-16-13-9-23-14-4-2-1-3-12(14)15(13)18-19(16)11-7-5-10(6-8-11)17(21)22;1-14-11(13)8-6-15-9-5-3-2-4-7(9)10(8)12/h1-8,13H,9H2,(H,21,22);2-5,8H,6H2,1H3. The Morgan fingerprint density at radius 3 is 2.16 bits per heavy atom. The Morgan fingerprint density at radius 2 is 1.50 bits per heavy atom. The Balaban J connectivity index is 0.000000170. The summed E-state index contributed by atoms with van der Waals surface area (Å²) in [6.45, 7) is 0. The fourth-order valence-corrected chi connectivity index (χ4v) is 6.62. The summed E-state index contributed by atoms with van der Waals surface area (Å²) in [6, 6.07) is 21.5. The third-order valence-corrected chi connectivity index (χ3v) is 8.67. The highest BCUT2D eigenvalue weighted by Crippen LogP contribution is 2.38. The van der Waals surface area contributed by atoms with Crippen molar-refractivity contribution in [3.63, 3.8) is 0 Å². The summed E-state index contributed by atoms with van der Waals surface area (Å²) in [5, 5.41) is 14.9.